The largest absolute Gasteiger partial charge is 0.436 e. The third-order valence-corrected chi connectivity index (χ3v) is 26.5. The second kappa shape index (κ2) is 25.9. The average molecular weight is 1500 g/mol. The SMILES string of the molecule is CC1(C)c2ccccc2-c2ccc(-c3cc(-c4ccc5c(c4)C(C)(C)c4ccccc4-5)c4cc(-c5ccc(-c6ccc(C#N)cc6)cc5)c5ccccc5c4n3)cc21.CC1(C)c2ccccc2-c2ccc(-c3cc(-c4ccc5c(c4)C(C)(C)c4ccccc4-5)c4cc(-c5ccc(-c6nc7ccccc7o6)cc5)c5ccccc5c4n3)cc21. The number of aromatic nitrogens is 3. The molecule has 5 heteroatoms. The molecule has 19 aromatic rings. The van der Waals surface area contributed by atoms with E-state index in [1.54, 1.807) is 0 Å². The van der Waals surface area contributed by atoms with Gasteiger partial charge in [-0.05, 0) is 240 Å². The van der Waals surface area contributed by atoms with Gasteiger partial charge in [-0.15, -0.1) is 0 Å². The van der Waals surface area contributed by atoms with E-state index in [-0.39, 0.29) is 21.7 Å². The lowest BCUT2D eigenvalue weighted by Gasteiger charge is -2.23. The maximum absolute atomic E-state index is 9.32. The summed E-state index contributed by atoms with van der Waals surface area (Å²) in [5.41, 5.74) is 42.1. The lowest BCUT2D eigenvalue weighted by Crippen LogP contribution is -2.15. The number of oxazole rings is 1. The molecule has 0 fully saturated rings. The van der Waals surface area contributed by atoms with Gasteiger partial charge in [0.1, 0.15) is 5.52 Å². The van der Waals surface area contributed by atoms with E-state index in [9.17, 15) is 5.26 Å². The molecule has 16 aromatic carbocycles. The topological polar surface area (TPSA) is 75.6 Å². The van der Waals surface area contributed by atoms with Crippen molar-refractivity contribution in [2.45, 2.75) is 77.0 Å². The van der Waals surface area contributed by atoms with Crippen LogP contribution in [0.4, 0.5) is 0 Å². The maximum atomic E-state index is 9.32. The number of fused-ring (bicyclic) bond motifs is 19. The Labute approximate surface area is 681 Å². The lowest BCUT2D eigenvalue weighted by molar-refractivity contribution is 0.620. The molecule has 554 valence electrons. The van der Waals surface area contributed by atoms with Crippen LogP contribution in [-0.2, 0) is 21.7 Å². The van der Waals surface area contributed by atoms with Crippen LogP contribution in [-0.4, -0.2) is 15.0 Å². The minimum Gasteiger partial charge on any atom is -0.436 e. The van der Waals surface area contributed by atoms with Crippen molar-refractivity contribution in [1.29, 1.82) is 5.26 Å². The zero-order valence-corrected chi connectivity index (χ0v) is 66.5. The van der Waals surface area contributed by atoms with Gasteiger partial charge in [-0.25, -0.2) is 15.0 Å². The molecular formula is C112H80N4O. The summed E-state index contributed by atoms with van der Waals surface area (Å²) in [6, 6.07) is 126. The van der Waals surface area contributed by atoms with Crippen molar-refractivity contribution in [3.63, 3.8) is 0 Å². The van der Waals surface area contributed by atoms with E-state index in [1.165, 1.54) is 133 Å². The lowest BCUT2D eigenvalue weighted by atomic mass is 9.81. The molecule has 0 atom stereocenters. The molecule has 5 nitrogen and oxygen atoms in total. The molecular weight excluding hydrogens is 1420 g/mol. The molecule has 0 amide bonds. The zero-order valence-electron chi connectivity index (χ0n) is 66.5. The Morgan fingerprint density at radius 2 is 0.530 bits per heavy atom. The number of para-hydroxylation sites is 2. The van der Waals surface area contributed by atoms with Gasteiger partial charge in [0.05, 0.1) is 34.1 Å². The second-order valence-corrected chi connectivity index (χ2v) is 34.4. The molecule has 0 saturated heterocycles. The Morgan fingerprint density at radius 1 is 0.231 bits per heavy atom. The fourth-order valence-electron chi connectivity index (χ4n) is 20.2. The van der Waals surface area contributed by atoms with Crippen molar-refractivity contribution >= 4 is 54.5 Å². The quantitative estimate of drug-likeness (QED) is 0.142. The molecule has 117 heavy (non-hydrogen) atoms. The Morgan fingerprint density at radius 3 is 0.923 bits per heavy atom. The van der Waals surface area contributed by atoms with Gasteiger partial charge in [-0.3, -0.25) is 0 Å². The third-order valence-electron chi connectivity index (χ3n) is 26.5. The van der Waals surface area contributed by atoms with Gasteiger partial charge < -0.3 is 4.42 Å². The van der Waals surface area contributed by atoms with Crippen LogP contribution in [0, 0.1) is 11.3 Å². The summed E-state index contributed by atoms with van der Waals surface area (Å²) < 4.78 is 6.14. The molecule has 0 saturated carbocycles. The highest BCUT2D eigenvalue weighted by Crippen LogP contribution is 2.56. The smallest absolute Gasteiger partial charge is 0.227 e. The first-order chi connectivity index (χ1) is 56.9. The highest BCUT2D eigenvalue weighted by molar-refractivity contribution is 6.18. The number of pyridine rings is 2. The standard InChI is InChI=1S/C56H40N2O.C56H40N2/c1-55(2)46-17-9-7-14-38(46)40-27-25-35(29-48(40)55)44-32-51(36-26-28-41-39-15-8-10-18-47(39)56(3,4)49(41)30-36)57-53-42-16-6-5-13-37(42)43(31-45(44)53)33-21-23-34(24-22-33)54-58-50-19-11-12-20-52(50)59-54;1-55(2)49-15-9-7-12-41(49)43-27-25-38(29-51(43)55)47-32-53(39-26-28-44-42-13-8-10-16-50(42)56(3,4)52(44)30-39)58-54-45-14-6-5-11-40(45)46(31-48(47)54)37-23-21-36(22-24-37)35-19-17-34(33-57)18-20-35/h5-32H,1-4H3;5-32H,1-4H3. The molecule has 0 unspecified atom stereocenters. The molecule has 4 aliphatic carbocycles. The van der Waals surface area contributed by atoms with Crippen molar-refractivity contribution in [2.24, 2.45) is 0 Å². The van der Waals surface area contributed by atoms with Gasteiger partial charge in [-0.1, -0.05) is 310 Å². The van der Waals surface area contributed by atoms with Gasteiger partial charge in [-0.2, -0.15) is 5.26 Å². The summed E-state index contributed by atoms with van der Waals surface area (Å²) in [4.78, 5) is 16.0. The normalized spacial score (nSPS) is 14.2. The predicted molar refractivity (Wildman–Crippen MR) is 485 cm³/mol. The summed E-state index contributed by atoms with van der Waals surface area (Å²) in [6.07, 6.45) is 0. The number of hydrogen-bond acceptors (Lipinski definition) is 5. The first kappa shape index (κ1) is 69.5. The van der Waals surface area contributed by atoms with Gasteiger partial charge in [0.25, 0.3) is 0 Å². The molecule has 3 heterocycles. The summed E-state index contributed by atoms with van der Waals surface area (Å²) in [5, 5.41) is 16.2. The van der Waals surface area contributed by atoms with E-state index in [0.717, 1.165) is 94.0 Å². The highest BCUT2D eigenvalue weighted by atomic mass is 16.3. The second-order valence-electron chi connectivity index (χ2n) is 34.4. The first-order valence-corrected chi connectivity index (χ1v) is 40.7. The molecule has 0 aliphatic heterocycles. The van der Waals surface area contributed by atoms with E-state index in [2.05, 4.69) is 353 Å². The highest BCUT2D eigenvalue weighted by Gasteiger charge is 2.40. The van der Waals surface area contributed by atoms with E-state index in [0.29, 0.717) is 11.5 Å². The van der Waals surface area contributed by atoms with Crippen LogP contribution in [0.15, 0.2) is 344 Å². The third kappa shape index (κ3) is 10.8. The van der Waals surface area contributed by atoms with E-state index < -0.39 is 0 Å². The fourth-order valence-corrected chi connectivity index (χ4v) is 20.2. The summed E-state index contributed by atoms with van der Waals surface area (Å²) >= 11 is 0. The van der Waals surface area contributed by atoms with E-state index in [1.807, 2.05) is 48.5 Å². The van der Waals surface area contributed by atoms with E-state index in [4.69, 9.17) is 19.4 Å². The molecule has 3 aromatic heterocycles. The summed E-state index contributed by atoms with van der Waals surface area (Å²) in [7, 11) is 0. The molecule has 0 N–H and O–H groups in total. The average Bonchev–Trinajstić information content (AvgIpc) is 1.37. The molecule has 23 rings (SSSR count). The van der Waals surface area contributed by atoms with Crippen molar-refractivity contribution in [1.82, 2.24) is 15.0 Å². The monoisotopic (exact) mass is 1500 g/mol. The van der Waals surface area contributed by atoms with Crippen LogP contribution >= 0.6 is 0 Å². The van der Waals surface area contributed by atoms with Crippen molar-refractivity contribution < 1.29 is 4.42 Å². The van der Waals surface area contributed by atoms with E-state index >= 15 is 0 Å². The van der Waals surface area contributed by atoms with Crippen LogP contribution < -0.4 is 0 Å². The van der Waals surface area contributed by atoms with Gasteiger partial charge >= 0.3 is 0 Å². The van der Waals surface area contributed by atoms with Crippen LogP contribution in [0.1, 0.15) is 105 Å². The minimum absolute atomic E-state index is 0.111. The Balaban J connectivity index is 0.000000142. The van der Waals surface area contributed by atoms with Crippen LogP contribution in [0.3, 0.4) is 0 Å². The van der Waals surface area contributed by atoms with Crippen molar-refractivity contribution in [3.8, 4) is 140 Å². The van der Waals surface area contributed by atoms with Crippen molar-refractivity contribution in [3.05, 3.63) is 390 Å². The number of nitrogens with zero attached hydrogens (tertiary/aromatic N) is 4. The maximum Gasteiger partial charge on any atom is 0.227 e. The predicted octanol–water partition coefficient (Wildman–Crippen LogP) is 29.4. The van der Waals surface area contributed by atoms with Gasteiger partial charge in [0, 0.05) is 59.9 Å². The number of benzene rings is 16. The van der Waals surface area contributed by atoms with Crippen LogP contribution in [0.25, 0.3) is 189 Å². The molecule has 0 spiro atoms. The summed E-state index contributed by atoms with van der Waals surface area (Å²) in [6.45, 7) is 18.8. The zero-order chi connectivity index (χ0) is 79.0. The van der Waals surface area contributed by atoms with Crippen molar-refractivity contribution in [2.75, 3.05) is 0 Å². The first-order valence-electron chi connectivity index (χ1n) is 40.7. The molecule has 0 radical (unpaired) electrons. The Kier molecular flexibility index (Phi) is 15.4. The van der Waals surface area contributed by atoms with Crippen LogP contribution in [0.2, 0.25) is 0 Å². The Bertz CT molecular complexity index is 7450. The van der Waals surface area contributed by atoms with Crippen LogP contribution in [0.5, 0.6) is 0 Å². The number of rotatable bonds is 8. The van der Waals surface area contributed by atoms with Gasteiger partial charge in [0.2, 0.25) is 5.89 Å². The minimum atomic E-state index is -0.123. The van der Waals surface area contributed by atoms with Gasteiger partial charge in [0.15, 0.2) is 5.58 Å². The Hall–Kier alpha value is -14.2. The summed E-state index contributed by atoms with van der Waals surface area (Å²) in [5.74, 6) is 0.626. The fraction of sp³-hybridized carbons (Fsp3) is 0.107. The molecule has 0 bridgehead atoms. The molecule has 4 aliphatic rings. The number of nitriles is 1. The number of hydrogen-bond donors (Lipinski definition) is 0.